The number of aryl methyl sites for hydroxylation is 2. The number of anilines is 1. The summed E-state index contributed by atoms with van der Waals surface area (Å²) in [6.45, 7) is 6.10. The number of thioether (sulfide) groups is 1. The molecular weight excluding hydrogens is 484 g/mol. The van der Waals surface area contributed by atoms with Gasteiger partial charge in [0.2, 0.25) is 5.91 Å². The van der Waals surface area contributed by atoms with Crippen molar-refractivity contribution in [3.63, 3.8) is 0 Å². The summed E-state index contributed by atoms with van der Waals surface area (Å²) in [5, 5.41) is 12.5. The highest BCUT2D eigenvalue weighted by molar-refractivity contribution is 9.10. The van der Waals surface area contributed by atoms with Gasteiger partial charge < -0.3 is 5.32 Å². The van der Waals surface area contributed by atoms with Gasteiger partial charge >= 0.3 is 0 Å². The molecule has 5 nitrogen and oxygen atoms in total. The molecule has 32 heavy (non-hydrogen) atoms. The fraction of sp³-hybridized carbons (Fsp3) is 0.160. The lowest BCUT2D eigenvalue weighted by atomic mass is 10.1. The Hall–Kier alpha value is -2.90. The van der Waals surface area contributed by atoms with Gasteiger partial charge in [0.1, 0.15) is 0 Å². The molecule has 4 aromatic rings. The molecule has 4 rings (SSSR count). The third-order valence-electron chi connectivity index (χ3n) is 5.22. The number of amides is 1. The van der Waals surface area contributed by atoms with E-state index in [4.69, 9.17) is 0 Å². The Morgan fingerprint density at radius 3 is 2.50 bits per heavy atom. The number of aromatic nitrogens is 3. The molecule has 1 aromatic heterocycles. The minimum atomic E-state index is -0.0776. The van der Waals surface area contributed by atoms with E-state index in [2.05, 4.69) is 50.5 Å². The van der Waals surface area contributed by atoms with Gasteiger partial charge in [0, 0.05) is 21.4 Å². The third kappa shape index (κ3) is 4.95. The molecule has 0 radical (unpaired) electrons. The largest absolute Gasteiger partial charge is 0.325 e. The molecule has 0 saturated heterocycles. The Morgan fingerprint density at radius 2 is 1.75 bits per heavy atom. The van der Waals surface area contributed by atoms with Crippen LogP contribution in [0.2, 0.25) is 0 Å². The van der Waals surface area contributed by atoms with Crippen LogP contribution in [0.1, 0.15) is 16.7 Å². The molecule has 162 valence electrons. The highest BCUT2D eigenvalue weighted by atomic mass is 79.9. The molecule has 1 N–H and O–H groups in total. The second-order valence-electron chi connectivity index (χ2n) is 7.57. The molecule has 0 aliphatic carbocycles. The zero-order chi connectivity index (χ0) is 22.7. The number of nitrogens with zero attached hydrogens (tertiary/aromatic N) is 3. The quantitative estimate of drug-likeness (QED) is 0.309. The van der Waals surface area contributed by atoms with Gasteiger partial charge in [-0.1, -0.05) is 69.7 Å². The first-order valence-electron chi connectivity index (χ1n) is 10.2. The van der Waals surface area contributed by atoms with Gasteiger partial charge in [-0.25, -0.2) is 0 Å². The maximum Gasteiger partial charge on any atom is 0.234 e. The van der Waals surface area contributed by atoms with E-state index in [9.17, 15) is 4.79 Å². The van der Waals surface area contributed by atoms with E-state index in [0.29, 0.717) is 5.16 Å². The summed E-state index contributed by atoms with van der Waals surface area (Å²) in [6.07, 6.45) is 0. The number of nitrogens with one attached hydrogen (secondary N) is 1. The molecule has 0 unspecified atom stereocenters. The van der Waals surface area contributed by atoms with Crippen molar-refractivity contribution in [3.05, 3.63) is 87.9 Å². The Kier molecular flexibility index (Phi) is 6.77. The summed E-state index contributed by atoms with van der Waals surface area (Å²) in [7, 11) is 0. The van der Waals surface area contributed by atoms with Crippen LogP contribution >= 0.6 is 27.7 Å². The van der Waals surface area contributed by atoms with Crippen molar-refractivity contribution in [1.29, 1.82) is 0 Å². The molecule has 0 aliphatic rings. The second-order valence-corrected chi connectivity index (χ2v) is 9.43. The zero-order valence-corrected chi connectivity index (χ0v) is 20.5. The van der Waals surface area contributed by atoms with E-state index in [1.165, 1.54) is 17.3 Å². The monoisotopic (exact) mass is 506 g/mol. The normalized spacial score (nSPS) is 10.9. The van der Waals surface area contributed by atoms with Gasteiger partial charge in [-0.3, -0.25) is 9.36 Å². The number of hydrogen-bond acceptors (Lipinski definition) is 4. The highest BCUT2D eigenvalue weighted by Gasteiger charge is 2.18. The minimum absolute atomic E-state index is 0.0776. The summed E-state index contributed by atoms with van der Waals surface area (Å²) in [5.74, 6) is 0.884. The van der Waals surface area contributed by atoms with Crippen molar-refractivity contribution in [2.45, 2.75) is 25.9 Å². The topological polar surface area (TPSA) is 59.8 Å². The van der Waals surface area contributed by atoms with E-state index in [1.54, 1.807) is 0 Å². The summed E-state index contributed by atoms with van der Waals surface area (Å²) in [6, 6.07) is 22.1. The van der Waals surface area contributed by atoms with E-state index in [-0.39, 0.29) is 11.7 Å². The van der Waals surface area contributed by atoms with Gasteiger partial charge in [0.25, 0.3) is 0 Å². The number of rotatable bonds is 6. The number of hydrogen-bond donors (Lipinski definition) is 1. The maximum atomic E-state index is 12.7. The lowest BCUT2D eigenvalue weighted by Gasteiger charge is -2.12. The smallest absolute Gasteiger partial charge is 0.234 e. The Bertz CT molecular complexity index is 1270. The predicted molar refractivity (Wildman–Crippen MR) is 135 cm³/mol. The number of carbonyl (C=O) groups is 1. The van der Waals surface area contributed by atoms with Gasteiger partial charge in [-0.15, -0.1) is 10.2 Å². The van der Waals surface area contributed by atoms with Crippen molar-refractivity contribution in [2.75, 3.05) is 11.1 Å². The molecule has 0 spiro atoms. The molecule has 1 heterocycles. The summed E-state index contributed by atoms with van der Waals surface area (Å²) in [5.41, 5.74) is 6.13. The molecule has 7 heteroatoms. The second kappa shape index (κ2) is 9.71. The standard InChI is InChI=1S/C25H23BrN4OS/c1-16-10-12-21(13-11-16)30-24(19-7-5-8-20(26)14-19)28-29-25(30)32-15-23(31)27-22-9-4-6-17(2)18(22)3/h4-14H,15H2,1-3H3,(H,27,31). The molecule has 0 saturated carbocycles. The van der Waals surface area contributed by atoms with Crippen molar-refractivity contribution < 1.29 is 4.79 Å². The minimum Gasteiger partial charge on any atom is -0.325 e. The summed E-state index contributed by atoms with van der Waals surface area (Å²) >= 11 is 4.90. The van der Waals surface area contributed by atoms with Crippen molar-refractivity contribution in [2.24, 2.45) is 0 Å². The van der Waals surface area contributed by atoms with E-state index >= 15 is 0 Å². The van der Waals surface area contributed by atoms with Gasteiger partial charge in [0.05, 0.1) is 5.75 Å². The molecule has 3 aromatic carbocycles. The Morgan fingerprint density at radius 1 is 1.00 bits per heavy atom. The predicted octanol–water partition coefficient (Wildman–Crippen LogP) is 6.35. The van der Waals surface area contributed by atoms with Crippen LogP contribution in [-0.2, 0) is 4.79 Å². The molecule has 0 fully saturated rings. The highest BCUT2D eigenvalue weighted by Crippen LogP contribution is 2.29. The Balaban J connectivity index is 1.61. The molecule has 0 atom stereocenters. The van der Waals surface area contributed by atoms with E-state index < -0.39 is 0 Å². The van der Waals surface area contributed by atoms with Crippen LogP contribution in [-0.4, -0.2) is 26.4 Å². The van der Waals surface area contributed by atoms with Crippen LogP contribution in [0.3, 0.4) is 0 Å². The molecular formula is C25H23BrN4OS. The fourth-order valence-corrected chi connectivity index (χ4v) is 4.46. The molecule has 1 amide bonds. The first-order chi connectivity index (χ1) is 15.4. The average Bonchev–Trinajstić information content (AvgIpc) is 3.20. The van der Waals surface area contributed by atoms with E-state index in [0.717, 1.165) is 38.4 Å². The van der Waals surface area contributed by atoms with Gasteiger partial charge in [-0.05, 0) is 62.2 Å². The van der Waals surface area contributed by atoms with Crippen LogP contribution < -0.4 is 5.32 Å². The van der Waals surface area contributed by atoms with Crippen LogP contribution in [0.25, 0.3) is 17.1 Å². The molecule has 0 bridgehead atoms. The zero-order valence-electron chi connectivity index (χ0n) is 18.1. The van der Waals surface area contributed by atoms with Crippen LogP contribution in [0, 0.1) is 20.8 Å². The molecule has 0 aliphatic heterocycles. The van der Waals surface area contributed by atoms with Crippen molar-refractivity contribution in [1.82, 2.24) is 14.8 Å². The summed E-state index contributed by atoms with van der Waals surface area (Å²) < 4.78 is 2.97. The first-order valence-corrected chi connectivity index (χ1v) is 12.0. The van der Waals surface area contributed by atoms with Crippen LogP contribution in [0.4, 0.5) is 5.69 Å². The van der Waals surface area contributed by atoms with Crippen molar-refractivity contribution >= 4 is 39.3 Å². The van der Waals surface area contributed by atoms with Crippen LogP contribution in [0.5, 0.6) is 0 Å². The average molecular weight is 507 g/mol. The Labute approximate surface area is 200 Å². The van der Waals surface area contributed by atoms with Gasteiger partial charge in [-0.2, -0.15) is 0 Å². The lowest BCUT2D eigenvalue weighted by Crippen LogP contribution is -2.15. The maximum absolute atomic E-state index is 12.7. The number of benzene rings is 3. The van der Waals surface area contributed by atoms with Gasteiger partial charge in [0.15, 0.2) is 11.0 Å². The van der Waals surface area contributed by atoms with E-state index in [1.807, 2.05) is 73.0 Å². The summed E-state index contributed by atoms with van der Waals surface area (Å²) in [4.78, 5) is 12.7. The lowest BCUT2D eigenvalue weighted by molar-refractivity contribution is -0.113. The number of halogens is 1. The SMILES string of the molecule is Cc1ccc(-n2c(SCC(=O)Nc3cccc(C)c3C)nnc2-c2cccc(Br)c2)cc1. The third-order valence-corrected chi connectivity index (χ3v) is 6.64. The van der Waals surface area contributed by atoms with Crippen molar-refractivity contribution in [3.8, 4) is 17.1 Å². The van der Waals surface area contributed by atoms with Crippen LogP contribution in [0.15, 0.2) is 76.4 Å². The first kappa shape index (κ1) is 22.3. The number of carbonyl (C=O) groups excluding carboxylic acids is 1. The fourth-order valence-electron chi connectivity index (χ4n) is 3.31.